The Balaban J connectivity index is 1.61. The number of nitrogens with zero attached hydrogens (tertiary/aromatic N) is 2. The maximum atomic E-state index is 14.2. The fraction of sp³-hybridized carbons (Fsp3) is 0.355. The second kappa shape index (κ2) is 11.1. The molecular weight excluding hydrogens is 606 g/mol. The van der Waals surface area contributed by atoms with Crippen LogP contribution >= 0.6 is 11.6 Å². The van der Waals surface area contributed by atoms with Gasteiger partial charge in [0.1, 0.15) is 17.1 Å². The van der Waals surface area contributed by atoms with Gasteiger partial charge in [0.2, 0.25) is 5.78 Å². The lowest BCUT2D eigenvalue weighted by atomic mass is 9.58. The number of aromatic hydroxyl groups is 1. The van der Waals surface area contributed by atoms with E-state index in [2.05, 4.69) is 10.6 Å². The Morgan fingerprint density at radius 1 is 1.04 bits per heavy atom. The van der Waals surface area contributed by atoms with Crippen molar-refractivity contribution in [3.8, 4) is 5.75 Å². The number of primary amides is 1. The van der Waals surface area contributed by atoms with E-state index in [9.17, 15) is 39.6 Å². The number of likely N-dealkylation sites (N-methyl/N-ethyl adjacent to an activating group) is 1. The second-order valence-corrected chi connectivity index (χ2v) is 12.5. The van der Waals surface area contributed by atoms with Gasteiger partial charge in [-0.05, 0) is 75.2 Å². The van der Waals surface area contributed by atoms with Crippen molar-refractivity contribution in [3.05, 3.63) is 68.6 Å². The third-order valence-electron chi connectivity index (χ3n) is 8.87. The fourth-order valence-electron chi connectivity index (χ4n) is 6.84. The van der Waals surface area contributed by atoms with Crippen molar-refractivity contribution >= 4 is 52.2 Å². The van der Waals surface area contributed by atoms with Crippen LogP contribution in [0, 0.1) is 18.8 Å². The molecule has 45 heavy (non-hydrogen) atoms. The zero-order chi connectivity index (χ0) is 33.3. The van der Waals surface area contributed by atoms with Crippen LogP contribution in [-0.2, 0) is 16.0 Å². The number of phenols is 1. The number of phenolic OH excluding ortho intramolecular Hbond substituents is 1. The van der Waals surface area contributed by atoms with Gasteiger partial charge in [-0.15, -0.1) is 0 Å². The highest BCUT2D eigenvalue weighted by Crippen LogP contribution is 2.54. The van der Waals surface area contributed by atoms with Gasteiger partial charge in [-0.2, -0.15) is 0 Å². The van der Waals surface area contributed by atoms with E-state index in [1.165, 1.54) is 11.0 Å². The molecule has 5 rings (SSSR count). The number of ketones is 2. The van der Waals surface area contributed by atoms with Crippen molar-refractivity contribution in [1.29, 1.82) is 0 Å². The van der Waals surface area contributed by atoms with E-state index in [1.54, 1.807) is 58.2 Å². The Bertz CT molecular complexity index is 1750. The van der Waals surface area contributed by atoms with Crippen molar-refractivity contribution in [1.82, 2.24) is 4.90 Å². The average Bonchev–Trinajstić information content (AvgIpc) is 2.93. The molecule has 14 heteroatoms. The number of aliphatic hydroxyl groups excluding tert-OH is 2. The number of hydrogen-bond donors (Lipinski definition) is 7. The van der Waals surface area contributed by atoms with Gasteiger partial charge >= 0.3 is 6.03 Å². The van der Waals surface area contributed by atoms with Crippen molar-refractivity contribution < 1.29 is 39.6 Å². The van der Waals surface area contributed by atoms with Gasteiger partial charge in [-0.3, -0.25) is 19.3 Å². The number of carbonyl (C=O) groups excluding carboxylic acids is 4. The van der Waals surface area contributed by atoms with E-state index >= 15 is 0 Å². The van der Waals surface area contributed by atoms with Crippen LogP contribution in [0.25, 0.3) is 0 Å². The summed E-state index contributed by atoms with van der Waals surface area (Å²) in [5.74, 6) is -7.54. The van der Waals surface area contributed by atoms with Crippen LogP contribution in [0.15, 0.2) is 46.9 Å². The molecule has 0 saturated carbocycles. The van der Waals surface area contributed by atoms with Gasteiger partial charge in [0, 0.05) is 42.0 Å². The molecule has 0 saturated heterocycles. The van der Waals surface area contributed by atoms with Crippen molar-refractivity contribution in [3.63, 3.8) is 0 Å². The lowest BCUT2D eigenvalue weighted by molar-refractivity contribution is -0.148. The molecule has 2 aromatic carbocycles. The third-order valence-corrected chi connectivity index (χ3v) is 9.10. The van der Waals surface area contributed by atoms with Crippen LogP contribution in [0.4, 0.5) is 21.9 Å². The number of nitrogens with two attached hydrogens (primary N) is 1. The number of fused-ring (bicyclic) bond motifs is 3. The number of urea groups is 1. The Labute approximate surface area is 263 Å². The molecule has 0 radical (unpaired) electrons. The SMILES string of the molecule is Cc1cc(Cl)ccc1NC(=O)Nc1cc(N(C)C)c2c(c1O)C(=O)C1=C(O)[C@]3(O)C(=O)C(C(N)=O)=C(O)[C@@H](N(C)C)[C@@H]3C[C@@H]1C2. The van der Waals surface area contributed by atoms with Crippen molar-refractivity contribution in [2.24, 2.45) is 17.6 Å². The van der Waals surface area contributed by atoms with E-state index in [0.29, 0.717) is 27.5 Å². The molecule has 3 amide bonds. The molecule has 0 spiro atoms. The van der Waals surface area contributed by atoms with Crippen LogP contribution in [0.2, 0.25) is 5.02 Å². The molecule has 8 N–H and O–H groups in total. The van der Waals surface area contributed by atoms with Crippen LogP contribution in [-0.4, -0.2) is 88.7 Å². The monoisotopic (exact) mass is 639 g/mol. The Morgan fingerprint density at radius 2 is 1.69 bits per heavy atom. The summed E-state index contributed by atoms with van der Waals surface area (Å²) in [7, 11) is 6.57. The maximum Gasteiger partial charge on any atom is 0.323 e. The number of aliphatic hydroxyl groups is 3. The zero-order valence-electron chi connectivity index (χ0n) is 25.2. The van der Waals surface area contributed by atoms with Crippen LogP contribution in [0.5, 0.6) is 5.75 Å². The largest absolute Gasteiger partial charge is 0.510 e. The van der Waals surface area contributed by atoms with Crippen LogP contribution < -0.4 is 21.3 Å². The number of aryl methyl sites for hydroxylation is 1. The normalized spacial score (nSPS) is 24.2. The highest BCUT2D eigenvalue weighted by molar-refractivity contribution is 6.30. The maximum absolute atomic E-state index is 14.2. The second-order valence-electron chi connectivity index (χ2n) is 12.0. The molecule has 0 aromatic heterocycles. The number of Topliss-reactive ketones (excluding diaryl/α,β-unsaturated/α-hetero) is 2. The molecule has 0 heterocycles. The number of anilines is 3. The first-order valence-corrected chi connectivity index (χ1v) is 14.4. The first-order valence-electron chi connectivity index (χ1n) is 14.1. The molecule has 0 unspecified atom stereocenters. The van der Waals surface area contributed by atoms with Gasteiger partial charge in [-0.25, -0.2) is 4.79 Å². The average molecular weight is 640 g/mol. The van der Waals surface area contributed by atoms with Gasteiger partial charge in [0.05, 0.1) is 17.3 Å². The summed E-state index contributed by atoms with van der Waals surface area (Å²) < 4.78 is 0. The van der Waals surface area contributed by atoms with Crippen molar-refractivity contribution in [2.45, 2.75) is 31.4 Å². The minimum absolute atomic E-state index is 0.0394. The predicted octanol–water partition coefficient (Wildman–Crippen LogP) is 2.79. The molecule has 4 atom stereocenters. The molecule has 0 bridgehead atoms. The number of amides is 3. The number of nitrogens with one attached hydrogen (secondary N) is 2. The first kappa shape index (κ1) is 31.8. The predicted molar refractivity (Wildman–Crippen MR) is 167 cm³/mol. The highest BCUT2D eigenvalue weighted by atomic mass is 35.5. The summed E-state index contributed by atoms with van der Waals surface area (Å²) in [6.07, 6.45) is 0.0638. The molecular formula is C31H34ClN5O8. The highest BCUT2D eigenvalue weighted by Gasteiger charge is 2.63. The van der Waals surface area contributed by atoms with Gasteiger partial charge < -0.3 is 41.7 Å². The van der Waals surface area contributed by atoms with Gasteiger partial charge in [-0.1, -0.05) is 11.6 Å². The fourth-order valence-corrected chi connectivity index (χ4v) is 7.06. The van der Waals surface area contributed by atoms with Crippen molar-refractivity contribution in [2.75, 3.05) is 43.7 Å². The molecule has 3 aliphatic carbocycles. The quantitative estimate of drug-likeness (QED) is 0.188. The Kier molecular flexibility index (Phi) is 7.84. The summed E-state index contributed by atoms with van der Waals surface area (Å²) in [6, 6.07) is 4.59. The molecule has 2 aromatic rings. The standard InChI is InChI=1S/C31H34ClN5O8/c1-12-8-14(32)6-7-17(12)34-30(44)35-18-11-19(36(2)3)15-9-13-10-16-23(37(4)5)26(40)22(29(33)43)28(42)31(16,45)27(41)20(13)25(39)21(15)24(18)38/h6-8,11,13,16,23,38,40-41,45H,9-10H2,1-5H3,(H2,33,43)(H2,34,35,44)/t13-,16-,23-,31-/m0/s1. The summed E-state index contributed by atoms with van der Waals surface area (Å²) in [4.78, 5) is 56.0. The number of hydrogen-bond acceptors (Lipinski definition) is 10. The number of carbonyl (C=O) groups is 4. The summed E-state index contributed by atoms with van der Waals surface area (Å²) >= 11 is 6.00. The van der Waals surface area contributed by atoms with Crippen LogP contribution in [0.3, 0.4) is 0 Å². The molecule has 0 aliphatic heterocycles. The van der Waals surface area contributed by atoms with Gasteiger partial charge in [0.25, 0.3) is 5.91 Å². The smallest absolute Gasteiger partial charge is 0.323 e. The van der Waals surface area contributed by atoms with E-state index in [-0.39, 0.29) is 29.7 Å². The number of allylic oxidation sites excluding steroid dienone is 1. The third kappa shape index (κ3) is 4.87. The first-order chi connectivity index (χ1) is 21.0. The lowest BCUT2D eigenvalue weighted by Gasteiger charge is -2.50. The Morgan fingerprint density at radius 3 is 2.27 bits per heavy atom. The summed E-state index contributed by atoms with van der Waals surface area (Å²) in [6.45, 7) is 1.75. The van der Waals surface area contributed by atoms with Gasteiger partial charge in [0.15, 0.2) is 17.1 Å². The topological polar surface area (TPSA) is 206 Å². The van der Waals surface area contributed by atoms with E-state index in [1.807, 2.05) is 0 Å². The Hall–Kier alpha value is -4.59. The minimum Gasteiger partial charge on any atom is -0.510 e. The summed E-state index contributed by atoms with van der Waals surface area (Å²) in [5, 5.41) is 51.4. The molecule has 13 nitrogen and oxygen atoms in total. The van der Waals surface area contributed by atoms with Crippen LogP contribution in [0.1, 0.15) is 27.9 Å². The van der Waals surface area contributed by atoms with E-state index in [0.717, 1.165) is 0 Å². The summed E-state index contributed by atoms with van der Waals surface area (Å²) in [5.41, 5.74) is 3.21. The lowest BCUT2D eigenvalue weighted by Crippen LogP contribution is -2.63. The zero-order valence-corrected chi connectivity index (χ0v) is 26.0. The number of halogens is 1. The molecule has 238 valence electrons. The molecule has 0 fully saturated rings. The van der Waals surface area contributed by atoms with E-state index < -0.39 is 69.8 Å². The van der Waals surface area contributed by atoms with E-state index in [4.69, 9.17) is 17.3 Å². The molecule has 3 aliphatic rings. The minimum atomic E-state index is -2.75. The number of benzene rings is 2. The number of rotatable bonds is 5.